The maximum Gasteiger partial charge on any atom is 0.0595 e. The third-order valence-corrected chi connectivity index (χ3v) is 3.26. The molecule has 0 aliphatic rings. The molecule has 0 bridgehead atoms. The average Bonchev–Trinajstić information content (AvgIpc) is 2.26. The highest BCUT2D eigenvalue weighted by Crippen LogP contribution is 2.29. The van der Waals surface area contributed by atoms with Gasteiger partial charge in [0, 0.05) is 18.0 Å². The van der Waals surface area contributed by atoms with Gasteiger partial charge in [0.2, 0.25) is 0 Å². The quantitative estimate of drug-likeness (QED) is 0.770. The van der Waals surface area contributed by atoms with Crippen molar-refractivity contribution in [2.45, 2.75) is 17.4 Å². The lowest BCUT2D eigenvalue weighted by Crippen LogP contribution is -2.15. The fraction of sp³-hybridized carbons (Fsp3) is 0.500. The standard InChI is InChI=1S/C10H16N2OS/c1-8(7-13)14-10(6-11)9-4-2-3-5-12-9/h2-5,8,10,13H,6-7,11H2,1H3. The van der Waals surface area contributed by atoms with Crippen molar-refractivity contribution in [3.05, 3.63) is 30.1 Å². The predicted molar refractivity (Wildman–Crippen MR) is 60.2 cm³/mol. The summed E-state index contributed by atoms with van der Waals surface area (Å²) in [6.07, 6.45) is 1.77. The highest BCUT2D eigenvalue weighted by atomic mass is 32.2. The molecule has 0 spiro atoms. The van der Waals surface area contributed by atoms with Crippen LogP contribution in [0.25, 0.3) is 0 Å². The van der Waals surface area contributed by atoms with Crippen LogP contribution < -0.4 is 5.73 Å². The van der Waals surface area contributed by atoms with Crippen molar-refractivity contribution >= 4 is 11.8 Å². The second-order valence-corrected chi connectivity index (χ2v) is 4.75. The van der Waals surface area contributed by atoms with Crippen LogP contribution in [0.5, 0.6) is 0 Å². The Morgan fingerprint density at radius 3 is 2.86 bits per heavy atom. The van der Waals surface area contributed by atoms with E-state index in [1.165, 1.54) is 0 Å². The van der Waals surface area contributed by atoms with Gasteiger partial charge in [0.15, 0.2) is 0 Å². The third-order valence-electron chi connectivity index (χ3n) is 1.89. The number of aromatic nitrogens is 1. The third kappa shape index (κ3) is 3.29. The molecule has 2 unspecified atom stereocenters. The Kier molecular flexibility index (Phi) is 4.93. The number of rotatable bonds is 5. The van der Waals surface area contributed by atoms with Gasteiger partial charge in [-0.25, -0.2) is 0 Å². The van der Waals surface area contributed by atoms with E-state index in [9.17, 15) is 0 Å². The summed E-state index contributed by atoms with van der Waals surface area (Å²) in [6.45, 7) is 2.70. The molecule has 3 nitrogen and oxygen atoms in total. The van der Waals surface area contributed by atoms with E-state index in [4.69, 9.17) is 10.8 Å². The molecule has 1 aromatic heterocycles. The molecule has 0 fully saturated rings. The van der Waals surface area contributed by atoms with Gasteiger partial charge >= 0.3 is 0 Å². The summed E-state index contributed by atoms with van der Waals surface area (Å²) in [5, 5.41) is 9.32. The number of hydrogen-bond acceptors (Lipinski definition) is 4. The molecule has 3 N–H and O–H groups in total. The Morgan fingerprint density at radius 1 is 1.57 bits per heavy atom. The van der Waals surface area contributed by atoms with Gasteiger partial charge in [-0.2, -0.15) is 0 Å². The molecule has 4 heteroatoms. The molecule has 1 rings (SSSR count). The van der Waals surface area contributed by atoms with Crippen LogP contribution >= 0.6 is 11.8 Å². The van der Waals surface area contributed by atoms with Gasteiger partial charge in [-0.1, -0.05) is 13.0 Å². The number of nitrogens with two attached hydrogens (primary N) is 1. The Balaban J connectivity index is 2.63. The zero-order chi connectivity index (χ0) is 10.4. The van der Waals surface area contributed by atoms with E-state index in [0.29, 0.717) is 6.54 Å². The second kappa shape index (κ2) is 6.01. The SMILES string of the molecule is CC(CO)SC(CN)c1ccccn1. The first-order chi connectivity index (χ1) is 6.77. The summed E-state index contributed by atoms with van der Waals surface area (Å²) in [5.74, 6) is 0. The van der Waals surface area contributed by atoms with Crippen LogP contribution in [0, 0.1) is 0 Å². The summed E-state index contributed by atoms with van der Waals surface area (Å²) in [7, 11) is 0. The number of aliphatic hydroxyl groups excluding tert-OH is 1. The average molecular weight is 212 g/mol. The molecule has 78 valence electrons. The molecule has 0 saturated heterocycles. The Hall–Kier alpha value is -0.580. The summed E-state index contributed by atoms with van der Waals surface area (Å²) in [5.41, 5.74) is 6.65. The zero-order valence-electron chi connectivity index (χ0n) is 8.26. The van der Waals surface area contributed by atoms with E-state index in [2.05, 4.69) is 4.98 Å². The summed E-state index contributed by atoms with van der Waals surface area (Å²) in [6, 6.07) is 5.81. The van der Waals surface area contributed by atoms with Crippen LogP contribution in [0.15, 0.2) is 24.4 Å². The minimum absolute atomic E-state index is 0.175. The second-order valence-electron chi connectivity index (χ2n) is 3.11. The highest BCUT2D eigenvalue weighted by molar-refractivity contribution is 8.00. The molecule has 0 aliphatic heterocycles. The van der Waals surface area contributed by atoms with E-state index in [0.717, 1.165) is 5.69 Å². The molecule has 1 heterocycles. The van der Waals surface area contributed by atoms with Crippen molar-refractivity contribution in [1.29, 1.82) is 0 Å². The van der Waals surface area contributed by atoms with E-state index in [1.54, 1.807) is 18.0 Å². The van der Waals surface area contributed by atoms with Crippen LogP contribution in [0.1, 0.15) is 17.9 Å². The Labute approximate surface area is 88.7 Å². The fourth-order valence-corrected chi connectivity index (χ4v) is 2.17. The zero-order valence-corrected chi connectivity index (χ0v) is 9.07. The molecule has 0 radical (unpaired) electrons. The smallest absolute Gasteiger partial charge is 0.0595 e. The van der Waals surface area contributed by atoms with E-state index >= 15 is 0 Å². The summed E-state index contributed by atoms with van der Waals surface area (Å²) >= 11 is 1.66. The number of hydrogen-bond donors (Lipinski definition) is 2. The minimum Gasteiger partial charge on any atom is -0.395 e. The van der Waals surface area contributed by atoms with Crippen molar-refractivity contribution in [3.8, 4) is 0 Å². The van der Waals surface area contributed by atoms with Crippen molar-refractivity contribution < 1.29 is 5.11 Å². The van der Waals surface area contributed by atoms with Crippen molar-refractivity contribution in [2.75, 3.05) is 13.2 Å². The molecule has 2 atom stereocenters. The first kappa shape index (κ1) is 11.5. The summed E-state index contributed by atoms with van der Waals surface area (Å²) < 4.78 is 0. The van der Waals surface area contributed by atoms with Crippen molar-refractivity contribution in [2.24, 2.45) is 5.73 Å². The van der Waals surface area contributed by atoms with Gasteiger partial charge in [-0.3, -0.25) is 4.98 Å². The maximum absolute atomic E-state index is 8.94. The van der Waals surface area contributed by atoms with Gasteiger partial charge in [-0.05, 0) is 12.1 Å². The first-order valence-corrected chi connectivity index (χ1v) is 5.59. The molecule has 0 amide bonds. The van der Waals surface area contributed by atoms with Crippen LogP contribution in [-0.2, 0) is 0 Å². The van der Waals surface area contributed by atoms with E-state index in [1.807, 2.05) is 25.1 Å². The minimum atomic E-state index is 0.175. The fourth-order valence-electron chi connectivity index (χ4n) is 1.14. The van der Waals surface area contributed by atoms with Gasteiger partial charge in [0.25, 0.3) is 0 Å². The monoisotopic (exact) mass is 212 g/mol. The Bertz CT molecular complexity index is 256. The normalized spacial score (nSPS) is 15.1. The lowest BCUT2D eigenvalue weighted by molar-refractivity contribution is 0.299. The molecule has 0 aliphatic carbocycles. The number of nitrogens with zero attached hydrogens (tertiary/aromatic N) is 1. The van der Waals surface area contributed by atoms with Gasteiger partial charge in [-0.15, -0.1) is 11.8 Å². The van der Waals surface area contributed by atoms with Crippen LogP contribution in [0.3, 0.4) is 0 Å². The summed E-state index contributed by atoms with van der Waals surface area (Å²) in [4.78, 5) is 4.25. The number of thioether (sulfide) groups is 1. The lowest BCUT2D eigenvalue weighted by atomic mass is 10.3. The van der Waals surface area contributed by atoms with E-state index < -0.39 is 0 Å². The molecule has 14 heavy (non-hydrogen) atoms. The predicted octanol–water partition coefficient (Wildman–Crippen LogP) is 1.20. The topological polar surface area (TPSA) is 59.1 Å². The van der Waals surface area contributed by atoms with Crippen LogP contribution in [0.2, 0.25) is 0 Å². The van der Waals surface area contributed by atoms with Crippen LogP contribution in [0.4, 0.5) is 0 Å². The van der Waals surface area contributed by atoms with Gasteiger partial charge < -0.3 is 10.8 Å². The maximum atomic E-state index is 8.94. The van der Waals surface area contributed by atoms with Gasteiger partial charge in [0.1, 0.15) is 0 Å². The van der Waals surface area contributed by atoms with Crippen molar-refractivity contribution in [3.63, 3.8) is 0 Å². The molecule has 0 saturated carbocycles. The largest absolute Gasteiger partial charge is 0.395 e. The molecule has 1 aromatic rings. The van der Waals surface area contributed by atoms with Gasteiger partial charge in [0.05, 0.1) is 17.6 Å². The lowest BCUT2D eigenvalue weighted by Gasteiger charge is -2.17. The van der Waals surface area contributed by atoms with E-state index in [-0.39, 0.29) is 17.1 Å². The molecular formula is C10H16N2OS. The molecule has 0 aromatic carbocycles. The van der Waals surface area contributed by atoms with Crippen molar-refractivity contribution in [1.82, 2.24) is 4.98 Å². The first-order valence-electron chi connectivity index (χ1n) is 4.65. The Morgan fingerprint density at radius 2 is 2.36 bits per heavy atom. The van der Waals surface area contributed by atoms with Crippen LogP contribution in [-0.4, -0.2) is 28.5 Å². The highest BCUT2D eigenvalue weighted by Gasteiger charge is 2.14. The number of aliphatic hydroxyl groups is 1. The molecular weight excluding hydrogens is 196 g/mol. The number of pyridine rings is 1.